The second kappa shape index (κ2) is 22.7. The maximum atomic E-state index is 12.9. The monoisotopic (exact) mass is 981 g/mol. The number of aromatic nitrogens is 4. The van der Waals surface area contributed by atoms with Crippen molar-refractivity contribution in [3.63, 3.8) is 0 Å². The van der Waals surface area contributed by atoms with Gasteiger partial charge in [-0.3, -0.25) is 10.2 Å². The Morgan fingerprint density at radius 3 is 2.11 bits per heavy atom. The van der Waals surface area contributed by atoms with Crippen molar-refractivity contribution in [3.05, 3.63) is 117 Å². The molecule has 0 saturated heterocycles. The van der Waals surface area contributed by atoms with Crippen LogP contribution in [0.15, 0.2) is 100 Å². The fourth-order valence-corrected chi connectivity index (χ4v) is 7.79. The van der Waals surface area contributed by atoms with Crippen molar-refractivity contribution in [1.29, 1.82) is 5.41 Å². The summed E-state index contributed by atoms with van der Waals surface area (Å²) in [6, 6.07) is 26.4. The van der Waals surface area contributed by atoms with Crippen LogP contribution in [0.25, 0.3) is 22.1 Å². The number of para-hydroxylation sites is 2. The Labute approximate surface area is 362 Å². The molecule has 0 aliphatic rings. The summed E-state index contributed by atoms with van der Waals surface area (Å²) in [5, 5.41) is 13.1. The van der Waals surface area contributed by atoms with Gasteiger partial charge in [0.1, 0.15) is 0 Å². The SMILES string of the molecule is Br.CN(CCCn1c(=N)n(CC(=O)c2ccc(Br)cc2)c2cccc(Cl)c21)S(=O)(=O)c1ccccc1.CNCCCn1c(N)nc2cccc(Cl)c21.Cl.Cl.N. The van der Waals surface area contributed by atoms with Gasteiger partial charge in [0.25, 0.3) is 0 Å². The van der Waals surface area contributed by atoms with E-state index < -0.39 is 10.0 Å². The van der Waals surface area contributed by atoms with E-state index >= 15 is 0 Å². The lowest BCUT2D eigenvalue weighted by molar-refractivity contribution is 0.0971. The van der Waals surface area contributed by atoms with Crippen LogP contribution in [0, 0.1) is 5.41 Å². The number of hydrogen-bond acceptors (Lipinski definition) is 8. The molecule has 0 saturated carbocycles. The summed E-state index contributed by atoms with van der Waals surface area (Å²) in [7, 11) is -0.124. The van der Waals surface area contributed by atoms with Gasteiger partial charge in [-0.25, -0.2) is 17.7 Å². The number of benzene rings is 4. The van der Waals surface area contributed by atoms with Crippen LogP contribution in [-0.4, -0.2) is 64.4 Å². The topological polar surface area (TPSA) is 179 Å². The maximum absolute atomic E-state index is 12.9. The third-order valence-corrected chi connectivity index (χ3v) is 11.4. The fourth-order valence-electron chi connectivity index (χ4n) is 5.75. The molecule has 0 fully saturated rings. The summed E-state index contributed by atoms with van der Waals surface area (Å²) in [5.74, 6) is 0.405. The maximum Gasteiger partial charge on any atom is 0.242 e. The van der Waals surface area contributed by atoms with Crippen LogP contribution in [0.2, 0.25) is 10.0 Å². The van der Waals surface area contributed by atoms with Gasteiger partial charge in [-0.1, -0.05) is 81.6 Å². The third-order valence-electron chi connectivity index (χ3n) is 8.37. The number of ketones is 1. The summed E-state index contributed by atoms with van der Waals surface area (Å²) in [5.41, 5.74) is 9.67. The Morgan fingerprint density at radius 1 is 0.873 bits per heavy atom. The molecule has 300 valence electrons. The van der Waals surface area contributed by atoms with Crippen LogP contribution in [-0.2, 0) is 29.7 Å². The second-order valence-corrected chi connectivity index (χ2v) is 15.6. The number of imidazole rings is 2. The van der Waals surface area contributed by atoms with E-state index in [-0.39, 0.29) is 77.3 Å². The Balaban J connectivity index is 0.000000642. The minimum absolute atomic E-state index is 0. The molecule has 0 unspecified atom stereocenters. The lowest BCUT2D eigenvalue weighted by Crippen LogP contribution is -2.31. The van der Waals surface area contributed by atoms with Crippen LogP contribution in [0.3, 0.4) is 0 Å². The lowest BCUT2D eigenvalue weighted by Gasteiger charge is -2.17. The zero-order chi connectivity index (χ0) is 36.7. The van der Waals surface area contributed by atoms with Gasteiger partial charge in [0.05, 0.1) is 43.6 Å². The fraction of sp³-hybridized carbons (Fsp3) is 0.250. The highest BCUT2D eigenvalue weighted by atomic mass is 79.9. The number of Topliss-reactive ketones (excluding diaryl/α,β-unsaturated/α-hetero) is 1. The van der Waals surface area contributed by atoms with Crippen LogP contribution >= 0.6 is 80.9 Å². The van der Waals surface area contributed by atoms with Crippen molar-refractivity contribution in [1.82, 2.24) is 34.5 Å². The number of carbonyl (C=O) groups excluding carboxylic acids is 1. The van der Waals surface area contributed by atoms with Crippen molar-refractivity contribution in [2.24, 2.45) is 0 Å². The molecule has 4 aromatic carbocycles. The van der Waals surface area contributed by atoms with Crippen molar-refractivity contribution < 1.29 is 13.2 Å². The first-order valence-electron chi connectivity index (χ1n) is 16.2. The van der Waals surface area contributed by atoms with Gasteiger partial charge in [-0.2, -0.15) is 0 Å². The first-order valence-corrected chi connectivity index (χ1v) is 19.2. The molecule has 0 atom stereocenters. The highest BCUT2D eigenvalue weighted by Crippen LogP contribution is 2.26. The zero-order valence-corrected chi connectivity index (χ0v) is 37.4. The molecule has 0 bridgehead atoms. The van der Waals surface area contributed by atoms with Crippen LogP contribution in [0.4, 0.5) is 5.95 Å². The number of halogens is 6. The number of hydrogen-bond donors (Lipinski definition) is 4. The zero-order valence-electron chi connectivity index (χ0n) is 30.1. The molecule has 7 N–H and O–H groups in total. The van der Waals surface area contributed by atoms with Gasteiger partial charge in [0.2, 0.25) is 21.6 Å². The minimum Gasteiger partial charge on any atom is -0.369 e. The van der Waals surface area contributed by atoms with Crippen LogP contribution in [0.5, 0.6) is 0 Å². The molecule has 12 nitrogen and oxygen atoms in total. The van der Waals surface area contributed by atoms with E-state index in [1.165, 1.54) is 4.31 Å². The highest BCUT2D eigenvalue weighted by Gasteiger charge is 2.21. The van der Waals surface area contributed by atoms with Crippen molar-refractivity contribution in [2.45, 2.75) is 37.4 Å². The molecule has 0 amide bonds. The van der Waals surface area contributed by atoms with Gasteiger partial charge in [-0.15, -0.1) is 41.8 Å². The number of aryl methyl sites for hydroxylation is 2. The molecule has 6 aromatic rings. The number of carbonyl (C=O) groups is 1. The number of anilines is 1. The van der Waals surface area contributed by atoms with Crippen LogP contribution in [0.1, 0.15) is 23.2 Å². The summed E-state index contributed by atoms with van der Waals surface area (Å²) >= 11 is 16.0. The number of rotatable bonds is 13. The summed E-state index contributed by atoms with van der Waals surface area (Å²) in [4.78, 5) is 17.5. The second-order valence-electron chi connectivity index (χ2n) is 11.8. The molecule has 2 aromatic heterocycles. The Hall–Kier alpha value is -2.96. The summed E-state index contributed by atoms with van der Waals surface area (Å²) < 4.78 is 33.1. The van der Waals surface area contributed by atoms with Gasteiger partial charge in [0.15, 0.2) is 5.78 Å². The molecular formula is C36H45Br2Cl4N9O3S. The Bertz CT molecular complexity index is 2320. The number of fused-ring (bicyclic) bond motifs is 2. The van der Waals surface area contributed by atoms with Crippen molar-refractivity contribution in [3.8, 4) is 0 Å². The molecule has 0 radical (unpaired) electrons. The van der Waals surface area contributed by atoms with Crippen molar-refractivity contribution >= 4 is 125 Å². The number of nitrogens with two attached hydrogens (primary N) is 1. The van der Waals surface area contributed by atoms with Gasteiger partial charge < -0.3 is 30.9 Å². The molecule has 55 heavy (non-hydrogen) atoms. The molecule has 0 aliphatic heterocycles. The molecule has 19 heteroatoms. The first kappa shape index (κ1) is 50.1. The smallest absolute Gasteiger partial charge is 0.242 e. The first-order chi connectivity index (χ1) is 24.4. The normalized spacial score (nSPS) is 10.8. The third kappa shape index (κ3) is 11.8. The highest BCUT2D eigenvalue weighted by molar-refractivity contribution is 9.10. The van der Waals surface area contributed by atoms with E-state index in [9.17, 15) is 13.2 Å². The molecule has 6 rings (SSSR count). The van der Waals surface area contributed by atoms with E-state index in [1.807, 2.05) is 35.9 Å². The Kier molecular flexibility index (Phi) is 20.7. The number of nitrogens with one attached hydrogen (secondary N) is 2. The molecule has 2 heterocycles. The van der Waals surface area contributed by atoms with Crippen molar-refractivity contribution in [2.75, 3.05) is 32.9 Å². The van der Waals surface area contributed by atoms with E-state index in [0.717, 1.165) is 35.0 Å². The van der Waals surface area contributed by atoms with E-state index in [0.29, 0.717) is 45.6 Å². The average molecular weight is 986 g/mol. The molecule has 0 spiro atoms. The van der Waals surface area contributed by atoms with Gasteiger partial charge >= 0.3 is 0 Å². The number of nitrogen functional groups attached to an aromatic ring is 1. The predicted molar refractivity (Wildman–Crippen MR) is 238 cm³/mol. The average Bonchev–Trinajstić information content (AvgIpc) is 3.59. The molecule has 0 aliphatic carbocycles. The standard InChI is InChI=1S/C25H24BrClN4O3S.C11H15ClN4.BrH.2ClH.H3N/c1-29(35(33,34)20-7-3-2-4-8-20)15-6-16-30-24-21(27)9-5-10-22(24)31(25(30)28)17-23(32)18-11-13-19(26)14-12-18;1-14-6-3-7-16-10-8(12)4-2-5-9(10)15-11(16)13;;;;/h2-5,7-14,28H,6,15-17H2,1H3;2,4-5,14H,3,6-7H2,1H3,(H2,13,15);3*1H;1H3. The van der Waals surface area contributed by atoms with E-state index in [2.05, 4.69) is 26.2 Å². The number of nitrogens with zero attached hydrogens (tertiary/aromatic N) is 5. The predicted octanol–water partition coefficient (Wildman–Crippen LogP) is 8.40. The molecular weight excluding hydrogens is 940 g/mol. The summed E-state index contributed by atoms with van der Waals surface area (Å²) in [6.07, 6.45) is 1.46. The lowest BCUT2D eigenvalue weighted by atomic mass is 10.1. The van der Waals surface area contributed by atoms with Crippen LogP contribution < -0.4 is 22.8 Å². The minimum atomic E-state index is -3.60. The van der Waals surface area contributed by atoms with Gasteiger partial charge in [0, 0.05) is 36.7 Å². The number of sulfonamides is 1. The van der Waals surface area contributed by atoms with Gasteiger partial charge in [-0.05, 0) is 75.0 Å². The Morgan fingerprint density at radius 2 is 1.47 bits per heavy atom. The summed E-state index contributed by atoms with van der Waals surface area (Å²) in [6.45, 7) is 2.40. The quantitative estimate of drug-likeness (QED) is 0.0663. The van der Waals surface area contributed by atoms with E-state index in [4.69, 9.17) is 34.3 Å². The van der Waals surface area contributed by atoms with E-state index in [1.54, 1.807) is 82.9 Å². The largest absolute Gasteiger partial charge is 0.369 e.